The predicted molar refractivity (Wildman–Crippen MR) is 83.4 cm³/mol. The van der Waals surface area contributed by atoms with Crippen LogP contribution in [-0.2, 0) is 5.75 Å². The SMILES string of the molecule is Fc1ccc(CSc2nnc(-c3ccccc3)o2)c(Br)c1. The lowest BCUT2D eigenvalue weighted by molar-refractivity contribution is 0.466. The highest BCUT2D eigenvalue weighted by atomic mass is 79.9. The van der Waals surface area contributed by atoms with E-state index in [0.29, 0.717) is 16.9 Å². The maximum Gasteiger partial charge on any atom is 0.277 e. The Morgan fingerprint density at radius 3 is 2.67 bits per heavy atom. The molecule has 0 saturated carbocycles. The van der Waals surface area contributed by atoms with E-state index in [1.54, 1.807) is 6.07 Å². The molecule has 21 heavy (non-hydrogen) atoms. The van der Waals surface area contributed by atoms with E-state index in [9.17, 15) is 4.39 Å². The number of halogens is 2. The van der Waals surface area contributed by atoms with Crippen molar-refractivity contribution in [3.05, 3.63) is 64.4 Å². The van der Waals surface area contributed by atoms with Crippen molar-refractivity contribution in [3.63, 3.8) is 0 Å². The average Bonchev–Trinajstić information content (AvgIpc) is 2.96. The number of thioether (sulfide) groups is 1. The van der Waals surface area contributed by atoms with Gasteiger partial charge in [0.2, 0.25) is 5.89 Å². The van der Waals surface area contributed by atoms with E-state index in [0.717, 1.165) is 15.6 Å². The van der Waals surface area contributed by atoms with Crippen molar-refractivity contribution in [2.75, 3.05) is 0 Å². The Hall–Kier alpha value is -1.66. The molecule has 3 rings (SSSR count). The fraction of sp³-hybridized carbons (Fsp3) is 0.0667. The predicted octanol–water partition coefficient (Wildman–Crippen LogP) is 4.93. The molecule has 0 aliphatic heterocycles. The van der Waals surface area contributed by atoms with Crippen molar-refractivity contribution in [2.45, 2.75) is 11.0 Å². The molecule has 2 aromatic carbocycles. The van der Waals surface area contributed by atoms with Crippen molar-refractivity contribution in [1.29, 1.82) is 0 Å². The molecule has 0 amide bonds. The third-order valence-electron chi connectivity index (χ3n) is 2.79. The first kappa shape index (κ1) is 14.3. The molecule has 0 spiro atoms. The molecule has 0 saturated heterocycles. The number of hydrogen-bond donors (Lipinski definition) is 0. The molecule has 3 aromatic rings. The highest BCUT2D eigenvalue weighted by Crippen LogP contribution is 2.28. The number of rotatable bonds is 4. The van der Waals surface area contributed by atoms with Crippen LogP contribution >= 0.6 is 27.7 Å². The zero-order chi connectivity index (χ0) is 14.7. The van der Waals surface area contributed by atoms with Gasteiger partial charge >= 0.3 is 0 Å². The minimum atomic E-state index is -0.264. The maximum atomic E-state index is 13.0. The van der Waals surface area contributed by atoms with Gasteiger partial charge in [0, 0.05) is 15.8 Å². The van der Waals surface area contributed by atoms with Gasteiger partial charge in [-0.2, -0.15) is 0 Å². The van der Waals surface area contributed by atoms with Gasteiger partial charge in [-0.25, -0.2) is 4.39 Å². The molecule has 0 bridgehead atoms. The van der Waals surface area contributed by atoms with Gasteiger partial charge in [0.15, 0.2) is 0 Å². The molecule has 0 N–H and O–H groups in total. The zero-order valence-electron chi connectivity index (χ0n) is 10.8. The standard InChI is InChI=1S/C15H10BrFN2OS/c16-13-8-12(17)7-6-11(13)9-21-15-19-18-14(20-15)10-4-2-1-3-5-10/h1-8H,9H2. The van der Waals surface area contributed by atoms with Crippen LogP contribution in [0.3, 0.4) is 0 Å². The van der Waals surface area contributed by atoms with E-state index in [4.69, 9.17) is 4.42 Å². The number of benzene rings is 2. The van der Waals surface area contributed by atoms with Crippen molar-refractivity contribution in [2.24, 2.45) is 0 Å². The first-order valence-corrected chi connectivity index (χ1v) is 7.96. The lowest BCUT2D eigenvalue weighted by Crippen LogP contribution is -1.85. The molecule has 1 heterocycles. The van der Waals surface area contributed by atoms with Gasteiger partial charge in [0.1, 0.15) is 5.82 Å². The summed E-state index contributed by atoms with van der Waals surface area (Å²) in [6, 6.07) is 14.2. The van der Waals surface area contributed by atoms with Crippen LogP contribution in [0.25, 0.3) is 11.5 Å². The zero-order valence-corrected chi connectivity index (χ0v) is 13.2. The second kappa shape index (κ2) is 6.41. The lowest BCUT2D eigenvalue weighted by atomic mass is 10.2. The van der Waals surface area contributed by atoms with Crippen LogP contribution in [0.1, 0.15) is 5.56 Å². The second-order valence-corrected chi connectivity index (χ2v) is 6.04. The van der Waals surface area contributed by atoms with E-state index < -0.39 is 0 Å². The van der Waals surface area contributed by atoms with Gasteiger partial charge in [-0.1, -0.05) is 52.0 Å². The molecule has 0 atom stereocenters. The first-order chi connectivity index (χ1) is 10.2. The Kier molecular flexibility index (Phi) is 4.36. The highest BCUT2D eigenvalue weighted by Gasteiger charge is 2.10. The van der Waals surface area contributed by atoms with Crippen molar-refractivity contribution in [3.8, 4) is 11.5 Å². The monoisotopic (exact) mass is 364 g/mol. The average molecular weight is 365 g/mol. The Morgan fingerprint density at radius 1 is 1.10 bits per heavy atom. The summed E-state index contributed by atoms with van der Waals surface area (Å²) in [6.07, 6.45) is 0. The van der Waals surface area contributed by atoms with Gasteiger partial charge in [-0.05, 0) is 29.8 Å². The van der Waals surface area contributed by atoms with E-state index >= 15 is 0 Å². The molecule has 1 aromatic heterocycles. The third-order valence-corrected chi connectivity index (χ3v) is 4.40. The van der Waals surface area contributed by atoms with Crippen LogP contribution in [0.4, 0.5) is 4.39 Å². The first-order valence-electron chi connectivity index (χ1n) is 6.18. The number of nitrogens with zero attached hydrogens (tertiary/aromatic N) is 2. The van der Waals surface area contributed by atoms with Crippen LogP contribution in [-0.4, -0.2) is 10.2 Å². The summed E-state index contributed by atoms with van der Waals surface area (Å²) < 4.78 is 19.4. The molecule has 0 aliphatic carbocycles. The van der Waals surface area contributed by atoms with Gasteiger partial charge in [0.25, 0.3) is 5.22 Å². The molecular formula is C15H10BrFN2OS. The van der Waals surface area contributed by atoms with Gasteiger partial charge in [0.05, 0.1) is 0 Å². The smallest absolute Gasteiger partial charge is 0.277 e. The quantitative estimate of drug-likeness (QED) is 0.615. The minimum Gasteiger partial charge on any atom is -0.411 e. The van der Waals surface area contributed by atoms with Crippen LogP contribution in [0.2, 0.25) is 0 Å². The van der Waals surface area contributed by atoms with Crippen LogP contribution in [0.15, 0.2) is 62.6 Å². The summed E-state index contributed by atoms with van der Waals surface area (Å²) in [5.41, 5.74) is 1.86. The van der Waals surface area contributed by atoms with Gasteiger partial charge in [-0.15, -0.1) is 10.2 Å². The molecule has 0 fully saturated rings. The van der Waals surface area contributed by atoms with Crippen molar-refractivity contribution < 1.29 is 8.81 Å². The molecular weight excluding hydrogens is 355 g/mol. The molecule has 0 aliphatic rings. The lowest BCUT2D eigenvalue weighted by Gasteiger charge is -2.01. The Balaban J connectivity index is 1.70. The summed E-state index contributed by atoms with van der Waals surface area (Å²) in [7, 11) is 0. The largest absolute Gasteiger partial charge is 0.411 e. The van der Waals surface area contributed by atoms with E-state index in [1.165, 1.54) is 23.9 Å². The summed E-state index contributed by atoms with van der Waals surface area (Å²) in [4.78, 5) is 0. The third kappa shape index (κ3) is 3.51. The van der Waals surface area contributed by atoms with E-state index in [-0.39, 0.29) is 5.82 Å². The molecule has 0 radical (unpaired) electrons. The minimum absolute atomic E-state index is 0.264. The van der Waals surface area contributed by atoms with Crippen molar-refractivity contribution in [1.82, 2.24) is 10.2 Å². The normalized spacial score (nSPS) is 10.8. The van der Waals surface area contributed by atoms with E-state index in [2.05, 4.69) is 26.1 Å². The highest BCUT2D eigenvalue weighted by molar-refractivity contribution is 9.10. The number of aromatic nitrogens is 2. The van der Waals surface area contributed by atoms with Gasteiger partial charge < -0.3 is 4.42 Å². The second-order valence-electron chi connectivity index (χ2n) is 4.26. The Labute approximate surface area is 133 Å². The molecule has 3 nitrogen and oxygen atoms in total. The number of hydrogen-bond acceptors (Lipinski definition) is 4. The topological polar surface area (TPSA) is 38.9 Å². The summed E-state index contributed by atoms with van der Waals surface area (Å²) in [5, 5.41) is 8.53. The fourth-order valence-electron chi connectivity index (χ4n) is 1.74. The van der Waals surface area contributed by atoms with Crippen LogP contribution in [0, 0.1) is 5.82 Å². The van der Waals surface area contributed by atoms with Crippen LogP contribution in [0.5, 0.6) is 0 Å². The van der Waals surface area contributed by atoms with Crippen molar-refractivity contribution >= 4 is 27.7 Å². The Morgan fingerprint density at radius 2 is 1.90 bits per heavy atom. The summed E-state index contributed by atoms with van der Waals surface area (Å²) in [6.45, 7) is 0. The Bertz CT molecular complexity index is 748. The fourth-order valence-corrected chi connectivity index (χ4v) is 3.19. The van der Waals surface area contributed by atoms with Gasteiger partial charge in [-0.3, -0.25) is 0 Å². The van der Waals surface area contributed by atoms with Crippen LogP contribution < -0.4 is 0 Å². The van der Waals surface area contributed by atoms with E-state index in [1.807, 2.05) is 30.3 Å². The maximum absolute atomic E-state index is 13.0. The molecule has 0 unspecified atom stereocenters. The summed E-state index contributed by atoms with van der Waals surface area (Å²) in [5.74, 6) is 0.855. The molecule has 106 valence electrons. The molecule has 6 heteroatoms. The summed E-state index contributed by atoms with van der Waals surface area (Å²) >= 11 is 4.76.